The molecule has 0 aromatic carbocycles. The summed E-state index contributed by atoms with van der Waals surface area (Å²) in [6.07, 6.45) is 3.43. The molecule has 0 aliphatic carbocycles. The number of hydrogen-bond acceptors (Lipinski definition) is 15. The van der Waals surface area contributed by atoms with Crippen LogP contribution in [0.1, 0.15) is 250 Å². The molecule has 0 aliphatic rings. The van der Waals surface area contributed by atoms with Crippen molar-refractivity contribution in [1.29, 1.82) is 0 Å². The molecule has 9 rings (SSSR count). The van der Waals surface area contributed by atoms with Gasteiger partial charge in [-0.15, -0.1) is 25.5 Å². The molecule has 0 saturated carbocycles. The number of tetrazole rings is 2. The van der Waals surface area contributed by atoms with Crippen molar-refractivity contribution in [2.75, 3.05) is 0 Å². The van der Waals surface area contributed by atoms with Crippen molar-refractivity contribution in [3.63, 3.8) is 0 Å². The minimum Gasteiger partial charge on any atom is -0.383 e. The van der Waals surface area contributed by atoms with Gasteiger partial charge in [-0.3, -0.25) is 44.6 Å². The largest absolute Gasteiger partial charge is 0.383 e. The van der Waals surface area contributed by atoms with Crippen molar-refractivity contribution >= 4 is 0 Å². The van der Waals surface area contributed by atoms with E-state index >= 15 is 0 Å². The Labute approximate surface area is 518 Å². The normalized spacial score (nSPS) is 11.9. The molecule has 0 amide bonds. The number of nitrogens with one attached hydrogen (secondary N) is 10. The van der Waals surface area contributed by atoms with E-state index in [1.807, 2.05) is 131 Å². The van der Waals surface area contributed by atoms with E-state index in [4.69, 9.17) is 4.52 Å². The Kier molecular flexibility index (Phi) is 28.0. The maximum absolute atomic E-state index is 12.3. The maximum Gasteiger partial charge on any atom is 0.280 e. The van der Waals surface area contributed by atoms with Crippen LogP contribution >= 0.6 is 0 Å². The predicted molar refractivity (Wildman–Crippen MR) is 345 cm³/mol. The summed E-state index contributed by atoms with van der Waals surface area (Å²) < 4.78 is 19.0. The van der Waals surface area contributed by atoms with Gasteiger partial charge in [0.2, 0.25) is 5.95 Å². The second-order valence-corrected chi connectivity index (χ2v) is 30.3. The number of imidazole rings is 1. The number of nitrogens with zero attached hydrogens (tertiary/aromatic N) is 12. The van der Waals surface area contributed by atoms with Crippen molar-refractivity contribution in [2.45, 2.75) is 250 Å². The summed E-state index contributed by atoms with van der Waals surface area (Å²) in [7, 11) is 1.85. The number of hydrogen-bond donors (Lipinski definition) is 10. The monoisotopic (exact) mass is 1230 g/mol. The number of H-pyrrole nitrogens is 10. The smallest absolute Gasteiger partial charge is 0.280 e. The molecular weight excluding hydrogens is 1120 g/mol. The van der Waals surface area contributed by atoms with Crippen LogP contribution in [0.5, 0.6) is 0 Å². The average Bonchev–Trinajstić information content (AvgIpc) is 3.75. The van der Waals surface area contributed by atoms with Gasteiger partial charge in [0, 0.05) is 115 Å². The first-order valence-electron chi connectivity index (χ1n) is 29.1. The van der Waals surface area contributed by atoms with Crippen LogP contribution in [0.3, 0.4) is 0 Å². The summed E-state index contributed by atoms with van der Waals surface area (Å²) in [6.45, 7) is 59.8. The third-order valence-electron chi connectivity index (χ3n) is 11.8. The number of rotatable bonds is 0. The van der Waals surface area contributed by atoms with Crippen molar-refractivity contribution < 1.29 is 8.91 Å². The van der Waals surface area contributed by atoms with Gasteiger partial charge in [-0.1, -0.05) is 197 Å². The lowest BCUT2D eigenvalue weighted by molar-refractivity contribution is 0.326. The third-order valence-corrected chi connectivity index (χ3v) is 11.8. The molecule has 0 bridgehead atoms. The summed E-state index contributed by atoms with van der Waals surface area (Å²) in [5.41, 5.74) is 6.39. The summed E-state index contributed by atoms with van der Waals surface area (Å²) in [6, 6.07) is 8.19. The molecule has 27 heteroatoms. The van der Waals surface area contributed by atoms with E-state index in [2.05, 4.69) is 196 Å². The van der Waals surface area contributed by atoms with Crippen molar-refractivity contribution in [3.8, 4) is 0 Å². The van der Waals surface area contributed by atoms with E-state index in [0.29, 0.717) is 5.76 Å². The second kappa shape index (κ2) is 31.7. The van der Waals surface area contributed by atoms with Crippen molar-refractivity contribution in [1.82, 2.24) is 112 Å². The van der Waals surface area contributed by atoms with Gasteiger partial charge in [-0.25, -0.2) is 9.97 Å². The molecule has 0 atom stereocenters. The first-order valence-corrected chi connectivity index (χ1v) is 29.1. The van der Waals surface area contributed by atoms with E-state index in [9.17, 15) is 18.8 Å². The molecule has 0 aliphatic heterocycles. The highest BCUT2D eigenvalue weighted by Crippen LogP contribution is 2.24. The minimum atomic E-state index is -0.440. The van der Waals surface area contributed by atoms with E-state index < -0.39 is 5.95 Å². The number of aromatic amines is 10. The summed E-state index contributed by atoms with van der Waals surface area (Å²) in [5.74, 6) is 3.68. The van der Waals surface area contributed by atoms with E-state index in [1.165, 1.54) is 24.2 Å². The second-order valence-electron chi connectivity index (χ2n) is 30.3. The predicted octanol–water partition coefficient (Wildman–Crippen LogP) is 11.3. The van der Waals surface area contributed by atoms with Crippen LogP contribution in [0.4, 0.5) is 4.39 Å². The molecular formula is C61H107FN22O4. The standard InChI is InChI=1S/C8H14N2O.2C8H14N2.C7H11FN2.C7H12N2O.C7H11NO2.C6H11N3.2C5H10N4/c1-8(2,3)6-5-7(11)9-10(6)4;1-6-9-5-7(10-6)8(2,3)4;1-6-5-7(10-9-6)8(2,3)4;1-7(2,3)5-4-6(8)10-9-5;1-7(2,3)5-4-6(10)9-8-5;1-7(2,3)5-4-6(9)8-10-5;1-6(2,3)5-7-4-8-9-5;2*1-5(2,3)4-6-8-9-7-4/h5H,1-4H3,(H,9,11);2*5H,1-4H3,(H,9,10);4H,1-3H3,(H,9,10);4H,1-3H3,(H2,8,9,10);4H,1-3H3,(H,8,9);4H,1-3H3,(H,7,8,9);2*1-3H3,(H,6,7,8,9). The lowest BCUT2D eigenvalue weighted by Crippen LogP contribution is -2.16. The highest BCUT2D eigenvalue weighted by molar-refractivity contribution is 5.16. The van der Waals surface area contributed by atoms with Gasteiger partial charge in [0.1, 0.15) is 23.7 Å². The molecule has 9 aromatic heterocycles. The number of aryl methyl sites for hydroxylation is 3. The van der Waals surface area contributed by atoms with E-state index in [1.54, 1.807) is 16.8 Å². The van der Waals surface area contributed by atoms with Gasteiger partial charge in [-0.05, 0) is 19.9 Å². The van der Waals surface area contributed by atoms with Gasteiger partial charge < -0.3 is 14.6 Å². The molecule has 492 valence electrons. The molecule has 9 heterocycles. The first kappa shape index (κ1) is 77.9. The molecule has 0 spiro atoms. The van der Waals surface area contributed by atoms with E-state index in [-0.39, 0.29) is 65.4 Å². The SMILES string of the molecule is CC(C)(C)c1cc(=O)[nH][nH]1.CC(C)(C)c1cc(=O)[nH]o1.CC(C)(C)c1cc(F)n[nH]1.CC(C)(C)c1ncn[nH]1.CC(C)(C)c1nn[nH]n1.CC(C)(C)c1nn[nH]n1.Cc1cc(C(C)(C)C)n[nH]1.Cc1ncc(C(C)(C)C)[nH]1.Cn1[nH]c(=O)cc1C(C)(C)C. The molecule has 10 N–H and O–H groups in total. The van der Waals surface area contributed by atoms with E-state index in [0.717, 1.165) is 51.8 Å². The van der Waals surface area contributed by atoms with Gasteiger partial charge in [0.25, 0.3) is 16.7 Å². The Balaban J connectivity index is 0.000000495. The fraction of sp³-hybridized carbons (Fsp3) is 0.639. The Morgan fingerprint density at radius 3 is 1.18 bits per heavy atom. The zero-order chi connectivity index (χ0) is 68.2. The average molecular weight is 1230 g/mol. The lowest BCUT2D eigenvalue weighted by atomic mass is 9.92. The number of aromatic nitrogens is 22. The van der Waals surface area contributed by atoms with Gasteiger partial charge in [-0.2, -0.15) is 30.2 Å². The zero-order valence-electron chi connectivity index (χ0n) is 58.4. The van der Waals surface area contributed by atoms with Crippen LogP contribution in [0.2, 0.25) is 0 Å². The Morgan fingerprint density at radius 2 is 1.00 bits per heavy atom. The molecule has 26 nitrogen and oxygen atoms in total. The van der Waals surface area contributed by atoms with Crippen LogP contribution in [-0.4, -0.2) is 112 Å². The Hall–Kier alpha value is -8.13. The fourth-order valence-electron chi connectivity index (χ4n) is 6.40. The lowest BCUT2D eigenvalue weighted by Gasteiger charge is -2.18. The van der Waals surface area contributed by atoms with Gasteiger partial charge in [0.15, 0.2) is 11.6 Å². The third kappa shape index (κ3) is 30.0. The first-order chi connectivity index (χ1) is 39.7. The molecule has 0 radical (unpaired) electrons. The zero-order valence-corrected chi connectivity index (χ0v) is 58.4. The number of halogens is 1. The van der Waals surface area contributed by atoms with Gasteiger partial charge >= 0.3 is 0 Å². The maximum atomic E-state index is 12.3. The highest BCUT2D eigenvalue weighted by Gasteiger charge is 2.22. The van der Waals surface area contributed by atoms with Crippen LogP contribution in [-0.2, 0) is 55.8 Å². The molecule has 9 aromatic rings. The van der Waals surface area contributed by atoms with Crippen LogP contribution in [0.15, 0.2) is 61.8 Å². The van der Waals surface area contributed by atoms with Crippen molar-refractivity contribution in [2.24, 2.45) is 7.05 Å². The summed E-state index contributed by atoms with van der Waals surface area (Å²) >= 11 is 0. The Morgan fingerprint density at radius 1 is 0.477 bits per heavy atom. The van der Waals surface area contributed by atoms with Gasteiger partial charge in [0.05, 0.1) is 5.69 Å². The molecule has 0 unspecified atom stereocenters. The van der Waals surface area contributed by atoms with Crippen LogP contribution in [0, 0.1) is 19.8 Å². The van der Waals surface area contributed by atoms with Crippen molar-refractivity contribution in [3.05, 3.63) is 143 Å². The topological polar surface area (TPSA) is 369 Å². The quantitative estimate of drug-likeness (QED) is 0.0674. The minimum absolute atomic E-state index is 0.00694. The highest BCUT2D eigenvalue weighted by atomic mass is 19.1. The Bertz CT molecular complexity index is 3190. The van der Waals surface area contributed by atoms with Crippen LogP contribution in [0.25, 0.3) is 0 Å². The molecule has 88 heavy (non-hydrogen) atoms. The summed E-state index contributed by atoms with van der Waals surface area (Å²) in [5, 5.41) is 57.0. The fourth-order valence-corrected chi connectivity index (χ4v) is 6.40. The molecule has 0 fully saturated rings. The molecule has 0 saturated heterocycles. The van der Waals surface area contributed by atoms with Crippen LogP contribution < -0.4 is 16.7 Å². The summed E-state index contributed by atoms with van der Waals surface area (Å²) in [4.78, 5) is 43.5.